The first-order valence-corrected chi connectivity index (χ1v) is 4.52. The third-order valence-corrected chi connectivity index (χ3v) is 2.25. The van der Waals surface area contributed by atoms with Gasteiger partial charge in [0.15, 0.2) is 0 Å². The second-order valence-electron chi connectivity index (χ2n) is 3.27. The van der Waals surface area contributed by atoms with Crippen LogP contribution in [0.3, 0.4) is 0 Å². The number of nitrogens with zero attached hydrogens (tertiary/aromatic N) is 1. The molecular formula is C10H15NO4. The van der Waals surface area contributed by atoms with E-state index in [1.54, 1.807) is 19.2 Å². The predicted molar refractivity (Wildman–Crippen MR) is 55.4 cm³/mol. The molecular weight excluding hydrogens is 198 g/mol. The van der Waals surface area contributed by atoms with Gasteiger partial charge in [-0.2, -0.15) is 0 Å². The molecule has 4 N–H and O–H groups in total. The standard InChI is InChI=1S/C10H15NO4/c1-11(6-14)9-2-7(4-12)10(15)8(3-9)5-13/h2-3,12-15H,4-6H2,1H3. The fourth-order valence-corrected chi connectivity index (χ4v) is 1.28. The minimum Gasteiger partial charge on any atom is -0.507 e. The lowest BCUT2D eigenvalue weighted by Gasteiger charge is -2.18. The molecule has 0 saturated heterocycles. The van der Waals surface area contributed by atoms with E-state index in [0.29, 0.717) is 16.8 Å². The number of hydrogen-bond donors (Lipinski definition) is 4. The van der Waals surface area contributed by atoms with Crippen LogP contribution in [-0.2, 0) is 13.2 Å². The molecule has 0 amide bonds. The van der Waals surface area contributed by atoms with E-state index in [4.69, 9.17) is 15.3 Å². The largest absolute Gasteiger partial charge is 0.507 e. The van der Waals surface area contributed by atoms with Crippen LogP contribution in [0.15, 0.2) is 12.1 Å². The Morgan fingerprint density at radius 3 is 1.87 bits per heavy atom. The fourth-order valence-electron chi connectivity index (χ4n) is 1.28. The summed E-state index contributed by atoms with van der Waals surface area (Å²) in [6.07, 6.45) is 0. The monoisotopic (exact) mass is 213 g/mol. The fraction of sp³-hybridized carbons (Fsp3) is 0.400. The van der Waals surface area contributed by atoms with E-state index in [9.17, 15) is 5.11 Å². The highest BCUT2D eigenvalue weighted by Crippen LogP contribution is 2.28. The summed E-state index contributed by atoms with van der Waals surface area (Å²) in [6, 6.07) is 3.12. The molecule has 0 aromatic heterocycles. The molecule has 0 radical (unpaired) electrons. The lowest BCUT2D eigenvalue weighted by Crippen LogP contribution is -2.18. The van der Waals surface area contributed by atoms with Gasteiger partial charge in [-0.1, -0.05) is 0 Å². The van der Waals surface area contributed by atoms with Crippen LogP contribution in [0.25, 0.3) is 0 Å². The Morgan fingerprint density at radius 2 is 1.53 bits per heavy atom. The lowest BCUT2D eigenvalue weighted by molar-refractivity contribution is 0.263. The van der Waals surface area contributed by atoms with Crippen molar-refractivity contribution in [3.63, 3.8) is 0 Å². The van der Waals surface area contributed by atoms with Crippen LogP contribution < -0.4 is 4.90 Å². The molecule has 0 spiro atoms. The number of hydrogen-bond acceptors (Lipinski definition) is 5. The number of aromatic hydroxyl groups is 1. The first kappa shape index (κ1) is 11.8. The van der Waals surface area contributed by atoms with E-state index in [0.717, 1.165) is 0 Å². The molecule has 0 bridgehead atoms. The summed E-state index contributed by atoms with van der Waals surface area (Å²) in [5.41, 5.74) is 1.29. The van der Waals surface area contributed by atoms with Crippen molar-refractivity contribution in [2.24, 2.45) is 0 Å². The Kier molecular flexibility index (Phi) is 3.90. The summed E-state index contributed by atoms with van der Waals surface area (Å²) >= 11 is 0. The molecule has 0 unspecified atom stereocenters. The Labute approximate surface area is 87.8 Å². The molecule has 1 aromatic rings. The van der Waals surface area contributed by atoms with Crippen molar-refractivity contribution in [2.45, 2.75) is 13.2 Å². The van der Waals surface area contributed by atoms with Gasteiger partial charge in [-0.25, -0.2) is 0 Å². The number of benzene rings is 1. The van der Waals surface area contributed by atoms with Crippen molar-refractivity contribution in [1.29, 1.82) is 0 Å². The highest BCUT2D eigenvalue weighted by atomic mass is 16.3. The molecule has 0 atom stereocenters. The summed E-state index contributed by atoms with van der Waals surface area (Å²) in [6.45, 7) is -0.807. The Hall–Kier alpha value is -1.30. The van der Waals surface area contributed by atoms with E-state index >= 15 is 0 Å². The maximum atomic E-state index is 9.57. The average molecular weight is 213 g/mol. The molecule has 0 aliphatic carbocycles. The van der Waals surface area contributed by atoms with Gasteiger partial charge >= 0.3 is 0 Å². The topological polar surface area (TPSA) is 84.2 Å². The minimum absolute atomic E-state index is 0.102. The zero-order chi connectivity index (χ0) is 11.4. The molecule has 0 fully saturated rings. The predicted octanol–water partition coefficient (Wildman–Crippen LogP) is -0.237. The first-order chi connectivity index (χ1) is 7.13. The quantitative estimate of drug-likeness (QED) is 0.519. The first-order valence-electron chi connectivity index (χ1n) is 4.52. The van der Waals surface area contributed by atoms with Gasteiger partial charge in [0.05, 0.1) is 13.2 Å². The molecule has 0 aliphatic heterocycles. The van der Waals surface area contributed by atoms with E-state index in [-0.39, 0.29) is 25.7 Å². The summed E-state index contributed by atoms with van der Waals surface area (Å²) in [5, 5.41) is 36.5. The normalized spacial score (nSPS) is 10.4. The Morgan fingerprint density at radius 1 is 1.07 bits per heavy atom. The summed E-state index contributed by atoms with van der Waals surface area (Å²) in [5.74, 6) is -0.102. The van der Waals surface area contributed by atoms with Gasteiger partial charge in [-0.3, -0.25) is 0 Å². The zero-order valence-electron chi connectivity index (χ0n) is 8.51. The van der Waals surface area contributed by atoms with Crippen molar-refractivity contribution in [3.05, 3.63) is 23.3 Å². The zero-order valence-corrected chi connectivity index (χ0v) is 8.51. The minimum atomic E-state index is -0.314. The molecule has 0 aliphatic rings. The van der Waals surface area contributed by atoms with Gasteiger partial charge in [0, 0.05) is 23.9 Å². The third-order valence-electron chi connectivity index (χ3n) is 2.25. The second-order valence-corrected chi connectivity index (χ2v) is 3.27. The van der Waals surface area contributed by atoms with Crippen LogP contribution in [0.4, 0.5) is 5.69 Å². The van der Waals surface area contributed by atoms with Crippen LogP contribution in [0.5, 0.6) is 5.75 Å². The summed E-state index contributed by atoms with van der Waals surface area (Å²) in [4.78, 5) is 1.53. The van der Waals surface area contributed by atoms with Crippen LogP contribution >= 0.6 is 0 Å². The smallest absolute Gasteiger partial charge is 0.126 e. The lowest BCUT2D eigenvalue weighted by atomic mass is 10.1. The molecule has 0 saturated carbocycles. The van der Waals surface area contributed by atoms with Crippen molar-refractivity contribution in [3.8, 4) is 5.75 Å². The van der Waals surface area contributed by atoms with Gasteiger partial charge in [-0.15, -0.1) is 0 Å². The van der Waals surface area contributed by atoms with E-state index in [2.05, 4.69) is 0 Å². The summed E-state index contributed by atoms with van der Waals surface area (Å²) < 4.78 is 0. The number of aliphatic hydroxyl groups is 3. The molecule has 1 aromatic carbocycles. The van der Waals surface area contributed by atoms with E-state index < -0.39 is 0 Å². The van der Waals surface area contributed by atoms with E-state index in [1.807, 2.05) is 0 Å². The molecule has 15 heavy (non-hydrogen) atoms. The number of anilines is 1. The Bertz CT molecular complexity index is 315. The average Bonchev–Trinajstić information content (AvgIpc) is 2.28. The SMILES string of the molecule is CN(CO)c1cc(CO)c(O)c(CO)c1. The van der Waals surface area contributed by atoms with Crippen LogP contribution in [0, 0.1) is 0 Å². The van der Waals surface area contributed by atoms with Crippen LogP contribution in [0.1, 0.15) is 11.1 Å². The molecule has 0 heterocycles. The molecule has 1 rings (SSSR count). The molecule has 5 nitrogen and oxygen atoms in total. The highest BCUT2D eigenvalue weighted by Gasteiger charge is 2.10. The van der Waals surface area contributed by atoms with Crippen molar-refractivity contribution < 1.29 is 20.4 Å². The van der Waals surface area contributed by atoms with Gasteiger partial charge in [0.25, 0.3) is 0 Å². The summed E-state index contributed by atoms with van der Waals surface area (Å²) in [7, 11) is 1.66. The number of rotatable bonds is 4. The van der Waals surface area contributed by atoms with Crippen LogP contribution in [-0.4, -0.2) is 34.2 Å². The number of aliphatic hydroxyl groups excluding tert-OH is 3. The maximum absolute atomic E-state index is 9.57. The van der Waals surface area contributed by atoms with Gasteiger partial charge < -0.3 is 25.3 Å². The second kappa shape index (κ2) is 4.97. The van der Waals surface area contributed by atoms with Gasteiger partial charge in [0.2, 0.25) is 0 Å². The van der Waals surface area contributed by atoms with Gasteiger partial charge in [0.1, 0.15) is 12.5 Å². The Balaban J connectivity index is 3.20. The van der Waals surface area contributed by atoms with E-state index in [1.165, 1.54) is 4.90 Å². The molecule has 5 heteroatoms. The molecule has 84 valence electrons. The van der Waals surface area contributed by atoms with Crippen molar-refractivity contribution >= 4 is 5.69 Å². The van der Waals surface area contributed by atoms with Crippen molar-refractivity contribution in [2.75, 3.05) is 18.7 Å². The van der Waals surface area contributed by atoms with Gasteiger partial charge in [-0.05, 0) is 12.1 Å². The third kappa shape index (κ3) is 2.38. The van der Waals surface area contributed by atoms with Crippen LogP contribution in [0.2, 0.25) is 0 Å². The maximum Gasteiger partial charge on any atom is 0.126 e. The van der Waals surface area contributed by atoms with Crippen molar-refractivity contribution in [1.82, 2.24) is 0 Å². The number of phenols is 1. The highest BCUT2D eigenvalue weighted by molar-refractivity contribution is 5.56.